The van der Waals surface area contributed by atoms with E-state index in [1.165, 1.54) is 12.1 Å². The van der Waals surface area contributed by atoms with E-state index in [1.54, 1.807) is 38.5 Å². The molecule has 0 radical (unpaired) electrons. The molecule has 4 heterocycles. The number of fused-ring (bicyclic) bond motifs is 2. The molecule has 3 aromatic heterocycles. The molecule has 1 aromatic carbocycles. The van der Waals surface area contributed by atoms with Crippen LogP contribution in [0.4, 0.5) is 13.2 Å². The number of alkyl halides is 3. The highest BCUT2D eigenvalue weighted by molar-refractivity contribution is 5.87. The number of benzene rings is 1. The fourth-order valence-corrected chi connectivity index (χ4v) is 4.56. The van der Waals surface area contributed by atoms with Crippen molar-refractivity contribution in [2.75, 3.05) is 14.2 Å². The Labute approximate surface area is 208 Å². The first-order chi connectivity index (χ1) is 17.8. The smallest absolute Gasteiger partial charge is 0.420 e. The molecule has 0 spiro atoms. The fraction of sp³-hybridized carbons (Fsp3) is 0.179. The lowest BCUT2D eigenvalue weighted by Gasteiger charge is -2.13. The standard InChI is InChI=1S/C28H21F3N2O4/c1-34-17-7-3-15(4-8-17)23-11-19-25(36-23)13-21(32-19)27(28(29,30)31)22-14-26-20(33-22)12-24(37-26)16-5-9-18(35-2)10-6-16/h3-5,7-14,16,32H,6H2,1-2H3. The molecule has 1 N–H and O–H groups in total. The van der Waals surface area contributed by atoms with Crippen LogP contribution in [0.1, 0.15) is 23.8 Å². The molecule has 0 saturated carbocycles. The summed E-state index contributed by atoms with van der Waals surface area (Å²) in [6.07, 6.45) is 3.07. The third kappa shape index (κ3) is 4.16. The summed E-state index contributed by atoms with van der Waals surface area (Å²) in [5.41, 5.74) is 0.618. The minimum atomic E-state index is -4.66. The Balaban J connectivity index is 1.34. The van der Waals surface area contributed by atoms with Gasteiger partial charge in [-0.2, -0.15) is 13.2 Å². The molecule has 0 bridgehead atoms. The number of hydrogen-bond donors (Lipinski definition) is 1. The number of methoxy groups -OCH3 is 2. The quantitative estimate of drug-likeness (QED) is 0.361. The summed E-state index contributed by atoms with van der Waals surface area (Å²) >= 11 is 0. The molecular weight excluding hydrogens is 485 g/mol. The number of rotatable bonds is 5. The predicted molar refractivity (Wildman–Crippen MR) is 131 cm³/mol. The number of aromatic amines is 1. The second kappa shape index (κ2) is 8.62. The number of allylic oxidation sites excluding steroid dienone is 5. The van der Waals surface area contributed by atoms with Gasteiger partial charge in [0.2, 0.25) is 0 Å². The number of aromatic nitrogens is 1. The maximum atomic E-state index is 14.2. The number of hydrogen-bond acceptors (Lipinski definition) is 5. The molecule has 1 aliphatic carbocycles. The summed E-state index contributed by atoms with van der Waals surface area (Å²) in [6.45, 7) is 0. The Kier molecular flexibility index (Phi) is 5.36. The Morgan fingerprint density at radius 2 is 1.86 bits per heavy atom. The van der Waals surface area contributed by atoms with Crippen molar-refractivity contribution < 1.29 is 31.5 Å². The van der Waals surface area contributed by atoms with E-state index in [1.807, 2.05) is 30.4 Å². The third-order valence-electron chi connectivity index (χ3n) is 6.42. The fourth-order valence-electron chi connectivity index (χ4n) is 4.56. The van der Waals surface area contributed by atoms with Crippen LogP contribution in [0.15, 0.2) is 86.0 Å². The molecule has 1 unspecified atom stereocenters. The van der Waals surface area contributed by atoms with Gasteiger partial charge in [-0.05, 0) is 42.8 Å². The van der Waals surface area contributed by atoms with Gasteiger partial charge in [0.05, 0.1) is 31.1 Å². The highest BCUT2D eigenvalue weighted by Gasteiger charge is 2.39. The van der Waals surface area contributed by atoms with Crippen LogP contribution in [0.5, 0.6) is 5.75 Å². The molecule has 0 fully saturated rings. The molecule has 1 atom stereocenters. The summed E-state index contributed by atoms with van der Waals surface area (Å²) in [6, 6.07) is 11.9. The van der Waals surface area contributed by atoms with Crippen molar-refractivity contribution in [1.29, 1.82) is 0 Å². The molecule has 0 amide bonds. The number of nitrogens with zero attached hydrogens (tertiary/aromatic N) is 1. The summed E-state index contributed by atoms with van der Waals surface area (Å²) in [4.78, 5) is 7.11. The lowest BCUT2D eigenvalue weighted by molar-refractivity contribution is -0.0694. The third-order valence-corrected chi connectivity index (χ3v) is 6.42. The zero-order chi connectivity index (χ0) is 25.7. The van der Waals surface area contributed by atoms with Gasteiger partial charge in [-0.3, -0.25) is 0 Å². The van der Waals surface area contributed by atoms with Gasteiger partial charge in [-0.25, -0.2) is 4.99 Å². The minimum Gasteiger partial charge on any atom is -0.497 e. The van der Waals surface area contributed by atoms with Crippen LogP contribution in [-0.2, 0) is 4.74 Å². The van der Waals surface area contributed by atoms with E-state index in [2.05, 4.69) is 9.98 Å². The zero-order valence-electron chi connectivity index (χ0n) is 19.8. The van der Waals surface area contributed by atoms with Gasteiger partial charge in [-0.15, -0.1) is 0 Å². The van der Waals surface area contributed by atoms with Crippen LogP contribution in [0.25, 0.3) is 34.1 Å². The van der Waals surface area contributed by atoms with Gasteiger partial charge in [0, 0.05) is 35.8 Å². The van der Waals surface area contributed by atoms with E-state index in [0.29, 0.717) is 45.6 Å². The van der Waals surface area contributed by atoms with E-state index >= 15 is 0 Å². The van der Waals surface area contributed by atoms with Crippen LogP contribution in [0.2, 0.25) is 0 Å². The number of nitrogens with one attached hydrogen (secondary N) is 1. The van der Waals surface area contributed by atoms with Crippen LogP contribution in [0.3, 0.4) is 0 Å². The van der Waals surface area contributed by atoms with E-state index in [-0.39, 0.29) is 17.3 Å². The van der Waals surface area contributed by atoms with E-state index < -0.39 is 11.7 Å². The maximum absolute atomic E-state index is 14.2. The molecule has 37 heavy (non-hydrogen) atoms. The topological polar surface area (TPSA) is 72.9 Å². The number of ether oxygens (including phenoxy) is 2. The second-order valence-electron chi connectivity index (χ2n) is 8.72. The van der Waals surface area contributed by atoms with Crippen molar-refractivity contribution >= 4 is 22.7 Å². The maximum Gasteiger partial charge on any atom is 0.420 e. The average molecular weight is 506 g/mol. The normalized spacial score (nSPS) is 18.3. The van der Waals surface area contributed by atoms with E-state index in [9.17, 15) is 13.2 Å². The average Bonchev–Trinajstić information content (AvgIpc) is 3.63. The second-order valence-corrected chi connectivity index (χ2v) is 8.72. The lowest BCUT2D eigenvalue weighted by Crippen LogP contribution is -2.14. The van der Waals surface area contributed by atoms with Crippen molar-refractivity contribution in [3.8, 4) is 17.1 Å². The Bertz CT molecular complexity index is 1650. The first kappa shape index (κ1) is 23.0. The van der Waals surface area contributed by atoms with Crippen molar-refractivity contribution in [2.24, 2.45) is 4.99 Å². The van der Waals surface area contributed by atoms with Gasteiger partial charge in [0.25, 0.3) is 0 Å². The molecule has 188 valence electrons. The number of H-pyrrole nitrogens is 1. The molecule has 0 saturated heterocycles. The van der Waals surface area contributed by atoms with Crippen molar-refractivity contribution in [2.45, 2.75) is 18.5 Å². The lowest BCUT2D eigenvalue weighted by atomic mass is 9.97. The number of halogens is 3. The first-order valence-corrected chi connectivity index (χ1v) is 11.5. The summed E-state index contributed by atoms with van der Waals surface area (Å²) in [5.74, 6) is 2.60. The Morgan fingerprint density at radius 3 is 2.49 bits per heavy atom. The largest absolute Gasteiger partial charge is 0.497 e. The van der Waals surface area contributed by atoms with Crippen LogP contribution < -0.4 is 15.5 Å². The first-order valence-electron chi connectivity index (χ1n) is 11.5. The Morgan fingerprint density at radius 1 is 1.05 bits per heavy atom. The molecule has 6 rings (SSSR count). The van der Waals surface area contributed by atoms with Crippen LogP contribution in [0, 0.1) is 0 Å². The molecular formula is C28H21F3N2O4. The Hall–Kier alpha value is -4.40. The molecule has 6 nitrogen and oxygen atoms in total. The summed E-state index contributed by atoms with van der Waals surface area (Å²) in [5, 5.41) is 0.374. The minimum absolute atomic E-state index is 0.0298. The molecule has 2 aliphatic rings. The van der Waals surface area contributed by atoms with E-state index in [0.717, 1.165) is 11.3 Å². The molecule has 1 aliphatic heterocycles. The SMILES string of the molecule is COC1=CCC(c2cc3c(o2)=CC(=C(c2cc4oc(-c5ccc(OC)cc5)cc4[nH]2)C(F)(F)F)N=3)C=C1. The van der Waals surface area contributed by atoms with Crippen LogP contribution >= 0.6 is 0 Å². The van der Waals surface area contributed by atoms with Gasteiger partial charge in [0.15, 0.2) is 11.0 Å². The van der Waals surface area contributed by atoms with Crippen molar-refractivity contribution in [1.82, 2.24) is 4.98 Å². The van der Waals surface area contributed by atoms with Gasteiger partial charge in [-0.1, -0.05) is 6.08 Å². The number of furan rings is 2. The van der Waals surface area contributed by atoms with Crippen molar-refractivity contribution in [3.05, 3.63) is 94.4 Å². The van der Waals surface area contributed by atoms with E-state index in [4.69, 9.17) is 18.3 Å². The predicted octanol–water partition coefficient (Wildman–Crippen LogP) is 5.99. The summed E-state index contributed by atoms with van der Waals surface area (Å²) in [7, 11) is 3.17. The van der Waals surface area contributed by atoms with Gasteiger partial charge in [0.1, 0.15) is 34.0 Å². The van der Waals surface area contributed by atoms with Crippen molar-refractivity contribution in [3.63, 3.8) is 0 Å². The molecule has 4 aromatic rings. The van der Waals surface area contributed by atoms with Crippen LogP contribution in [-0.4, -0.2) is 25.4 Å². The highest BCUT2D eigenvalue weighted by Crippen LogP contribution is 2.40. The molecule has 9 heteroatoms. The summed E-state index contributed by atoms with van der Waals surface area (Å²) < 4.78 is 64.7. The van der Waals surface area contributed by atoms with Gasteiger partial charge < -0.3 is 23.3 Å². The van der Waals surface area contributed by atoms with Gasteiger partial charge >= 0.3 is 6.18 Å². The highest BCUT2D eigenvalue weighted by atomic mass is 19.4. The monoisotopic (exact) mass is 506 g/mol. The zero-order valence-corrected chi connectivity index (χ0v) is 19.8.